The van der Waals surface area contributed by atoms with Gasteiger partial charge in [0.15, 0.2) is 6.19 Å². The molecule has 0 amide bonds. The number of rotatable bonds is 2. The Balaban J connectivity index is 1.96. The fraction of sp³-hybridized carbons (Fsp3) is 0.417. The molecule has 0 aliphatic carbocycles. The molecule has 1 heterocycles. The van der Waals surface area contributed by atoms with Crippen LogP contribution in [0.1, 0.15) is 13.3 Å². The smallest absolute Gasteiger partial charge is 0.179 e. The van der Waals surface area contributed by atoms with Crippen LogP contribution in [0.4, 0.5) is 0 Å². The van der Waals surface area contributed by atoms with Gasteiger partial charge in [-0.15, -0.1) is 0 Å². The minimum Gasteiger partial charge on any atom is -0.488 e. The van der Waals surface area contributed by atoms with Gasteiger partial charge in [0.1, 0.15) is 11.9 Å². The predicted molar refractivity (Wildman–Crippen MR) is 57.3 cm³/mol. The van der Waals surface area contributed by atoms with Crippen molar-refractivity contribution in [3.8, 4) is 11.9 Å². The summed E-state index contributed by atoms with van der Waals surface area (Å²) in [5.74, 6) is 0.884. The average Bonchev–Trinajstić information content (AvgIpc) is 2.60. The molecule has 0 spiro atoms. The summed E-state index contributed by atoms with van der Waals surface area (Å²) in [6.07, 6.45) is 3.24. The van der Waals surface area contributed by atoms with Crippen LogP contribution in [0.15, 0.2) is 30.3 Å². The Morgan fingerprint density at radius 3 is 2.73 bits per heavy atom. The van der Waals surface area contributed by atoms with Crippen molar-refractivity contribution < 1.29 is 4.74 Å². The maximum Gasteiger partial charge on any atom is 0.179 e. The molecular weight excluding hydrogens is 188 g/mol. The van der Waals surface area contributed by atoms with E-state index in [2.05, 4.69) is 13.1 Å². The molecule has 15 heavy (non-hydrogen) atoms. The van der Waals surface area contributed by atoms with Crippen molar-refractivity contribution in [1.29, 1.82) is 5.26 Å². The molecule has 1 aliphatic rings. The van der Waals surface area contributed by atoms with Crippen LogP contribution in [0, 0.1) is 11.5 Å². The van der Waals surface area contributed by atoms with Crippen LogP contribution in [0.5, 0.6) is 5.75 Å². The largest absolute Gasteiger partial charge is 0.488 e. The van der Waals surface area contributed by atoms with Crippen molar-refractivity contribution in [3.63, 3.8) is 0 Å². The van der Waals surface area contributed by atoms with Gasteiger partial charge in [0.05, 0.1) is 6.54 Å². The summed E-state index contributed by atoms with van der Waals surface area (Å²) in [7, 11) is 0. The molecule has 2 atom stereocenters. The summed E-state index contributed by atoms with van der Waals surface area (Å²) in [6, 6.07) is 10.1. The average molecular weight is 202 g/mol. The van der Waals surface area contributed by atoms with Crippen molar-refractivity contribution in [2.75, 3.05) is 6.54 Å². The van der Waals surface area contributed by atoms with Crippen molar-refractivity contribution in [2.45, 2.75) is 25.5 Å². The monoisotopic (exact) mass is 202 g/mol. The molecule has 2 rings (SSSR count). The summed E-state index contributed by atoms with van der Waals surface area (Å²) in [5.41, 5.74) is 0. The number of benzene rings is 1. The second-order valence-electron chi connectivity index (χ2n) is 3.89. The third-order valence-corrected chi connectivity index (χ3v) is 2.71. The van der Waals surface area contributed by atoms with Crippen molar-refractivity contribution in [1.82, 2.24) is 4.90 Å². The quantitative estimate of drug-likeness (QED) is 0.688. The van der Waals surface area contributed by atoms with E-state index in [1.165, 1.54) is 0 Å². The van der Waals surface area contributed by atoms with Gasteiger partial charge in [-0.3, -0.25) is 0 Å². The molecule has 0 bridgehead atoms. The maximum atomic E-state index is 8.84. The van der Waals surface area contributed by atoms with E-state index >= 15 is 0 Å². The van der Waals surface area contributed by atoms with Gasteiger partial charge < -0.3 is 9.64 Å². The molecule has 3 nitrogen and oxygen atoms in total. The Morgan fingerprint density at radius 2 is 2.13 bits per heavy atom. The summed E-state index contributed by atoms with van der Waals surface area (Å²) in [4.78, 5) is 1.77. The summed E-state index contributed by atoms with van der Waals surface area (Å²) >= 11 is 0. The van der Waals surface area contributed by atoms with Crippen LogP contribution in [-0.2, 0) is 0 Å². The maximum absolute atomic E-state index is 8.84. The normalized spacial score (nSPS) is 24.9. The molecule has 1 fully saturated rings. The first-order valence-corrected chi connectivity index (χ1v) is 5.17. The SMILES string of the molecule is CC1C[C@H](Oc2ccccc2)CN1C#N. The highest BCUT2D eigenvalue weighted by Crippen LogP contribution is 2.21. The Kier molecular flexibility index (Phi) is 2.77. The highest BCUT2D eigenvalue weighted by Gasteiger charge is 2.29. The lowest BCUT2D eigenvalue weighted by atomic mass is 10.2. The van der Waals surface area contributed by atoms with Crippen molar-refractivity contribution >= 4 is 0 Å². The molecule has 1 aromatic carbocycles. The number of para-hydroxylation sites is 1. The van der Waals surface area contributed by atoms with Gasteiger partial charge in [0.25, 0.3) is 0 Å². The van der Waals surface area contributed by atoms with Crippen LogP contribution >= 0.6 is 0 Å². The van der Waals surface area contributed by atoms with E-state index in [9.17, 15) is 0 Å². The summed E-state index contributed by atoms with van der Waals surface area (Å²) < 4.78 is 5.78. The zero-order chi connectivity index (χ0) is 10.7. The van der Waals surface area contributed by atoms with E-state index in [-0.39, 0.29) is 6.10 Å². The number of likely N-dealkylation sites (tertiary alicyclic amines) is 1. The third-order valence-electron chi connectivity index (χ3n) is 2.71. The molecule has 1 unspecified atom stereocenters. The third kappa shape index (κ3) is 2.21. The summed E-state index contributed by atoms with van der Waals surface area (Å²) in [6.45, 7) is 2.75. The van der Waals surface area contributed by atoms with Crippen LogP contribution < -0.4 is 4.74 Å². The van der Waals surface area contributed by atoms with Crippen LogP contribution in [0.25, 0.3) is 0 Å². The molecule has 3 heteroatoms. The van der Waals surface area contributed by atoms with Crippen molar-refractivity contribution in [3.05, 3.63) is 30.3 Å². The molecule has 78 valence electrons. The minimum atomic E-state index is 0.141. The highest BCUT2D eigenvalue weighted by molar-refractivity contribution is 5.21. The van der Waals surface area contributed by atoms with Gasteiger partial charge in [0, 0.05) is 12.5 Å². The van der Waals surface area contributed by atoms with Gasteiger partial charge >= 0.3 is 0 Å². The van der Waals surface area contributed by atoms with Gasteiger partial charge in [0.2, 0.25) is 0 Å². The minimum absolute atomic E-state index is 0.141. The first-order valence-electron chi connectivity index (χ1n) is 5.17. The topological polar surface area (TPSA) is 36.3 Å². The fourth-order valence-corrected chi connectivity index (χ4v) is 1.90. The van der Waals surface area contributed by atoms with E-state index in [1.807, 2.05) is 30.3 Å². The predicted octanol–water partition coefficient (Wildman–Crippen LogP) is 2.01. The molecule has 1 aliphatic heterocycles. The van der Waals surface area contributed by atoms with Crippen LogP contribution in [-0.4, -0.2) is 23.6 Å². The number of nitrogens with zero attached hydrogens (tertiary/aromatic N) is 2. The number of hydrogen-bond donors (Lipinski definition) is 0. The molecule has 0 N–H and O–H groups in total. The Morgan fingerprint density at radius 1 is 1.40 bits per heavy atom. The van der Waals surface area contributed by atoms with Gasteiger partial charge in [-0.1, -0.05) is 18.2 Å². The van der Waals surface area contributed by atoms with E-state index in [4.69, 9.17) is 10.00 Å². The van der Waals surface area contributed by atoms with Crippen LogP contribution in [0.2, 0.25) is 0 Å². The van der Waals surface area contributed by atoms with Crippen molar-refractivity contribution in [2.24, 2.45) is 0 Å². The van der Waals surface area contributed by atoms with Crippen LogP contribution in [0.3, 0.4) is 0 Å². The van der Waals surface area contributed by atoms with E-state index in [1.54, 1.807) is 4.90 Å². The zero-order valence-corrected chi connectivity index (χ0v) is 8.76. The Bertz CT molecular complexity index is 358. The molecule has 0 radical (unpaired) electrons. The van der Waals surface area contributed by atoms with E-state index < -0.39 is 0 Å². The second kappa shape index (κ2) is 4.22. The van der Waals surface area contributed by atoms with Gasteiger partial charge in [-0.25, -0.2) is 0 Å². The lowest BCUT2D eigenvalue weighted by Gasteiger charge is -2.12. The lowest BCUT2D eigenvalue weighted by molar-refractivity contribution is 0.213. The second-order valence-corrected chi connectivity index (χ2v) is 3.89. The number of ether oxygens (including phenoxy) is 1. The standard InChI is InChI=1S/C12H14N2O/c1-10-7-12(8-14(10)9-13)15-11-5-3-2-4-6-11/h2-6,10,12H,7-8H2,1H3/t10?,12-/m0/s1. The Hall–Kier alpha value is -1.69. The lowest BCUT2D eigenvalue weighted by Crippen LogP contribution is -2.23. The van der Waals surface area contributed by atoms with E-state index in [0.717, 1.165) is 12.2 Å². The zero-order valence-electron chi connectivity index (χ0n) is 8.76. The highest BCUT2D eigenvalue weighted by atomic mass is 16.5. The molecule has 0 saturated carbocycles. The molecule has 0 aromatic heterocycles. The fourth-order valence-electron chi connectivity index (χ4n) is 1.90. The number of hydrogen-bond acceptors (Lipinski definition) is 3. The molecule has 1 aromatic rings. The molecular formula is C12H14N2O. The Labute approximate surface area is 89.9 Å². The molecule has 1 saturated heterocycles. The summed E-state index contributed by atoms with van der Waals surface area (Å²) in [5, 5.41) is 8.84. The number of nitriles is 1. The first kappa shape index (κ1) is 9.85. The van der Waals surface area contributed by atoms with Gasteiger partial charge in [-0.05, 0) is 19.1 Å². The first-order chi connectivity index (χ1) is 7.29. The van der Waals surface area contributed by atoms with E-state index in [0.29, 0.717) is 12.6 Å². The van der Waals surface area contributed by atoms with Gasteiger partial charge in [-0.2, -0.15) is 5.26 Å².